The van der Waals surface area contributed by atoms with Gasteiger partial charge < -0.3 is 25.1 Å². The zero-order valence-corrected chi connectivity index (χ0v) is 12.5. The summed E-state index contributed by atoms with van der Waals surface area (Å²) < 4.78 is 15.8. The maximum Gasteiger partial charge on any atom is 0.203 e. The zero-order chi connectivity index (χ0) is 16.1. The molecule has 3 N–H and O–H groups in total. The van der Waals surface area contributed by atoms with E-state index in [1.807, 2.05) is 0 Å². The topological polar surface area (TPSA) is 99.2 Å². The predicted molar refractivity (Wildman–Crippen MR) is 82.4 cm³/mol. The van der Waals surface area contributed by atoms with E-state index < -0.39 is 0 Å². The van der Waals surface area contributed by atoms with E-state index in [4.69, 9.17) is 19.9 Å². The van der Waals surface area contributed by atoms with Gasteiger partial charge in [-0.1, -0.05) is 0 Å². The number of nitrogens with two attached hydrogens (primary N) is 1. The number of aromatic hydroxyl groups is 1. The van der Waals surface area contributed by atoms with Crippen LogP contribution in [0.15, 0.2) is 35.5 Å². The van der Waals surface area contributed by atoms with E-state index in [1.54, 1.807) is 18.2 Å². The molecule has 1 aromatic carbocycles. The second kappa shape index (κ2) is 6.66. The molecule has 22 heavy (non-hydrogen) atoms. The number of benzene rings is 1. The van der Waals surface area contributed by atoms with Crippen LogP contribution in [0.25, 0.3) is 0 Å². The first-order valence-corrected chi connectivity index (χ1v) is 6.39. The number of pyridine rings is 1. The standard InChI is InChI=1S/C15H17N3O4/c1-20-11-7-9(8-12(21-2)13(11)22-3)14(16)18-15-10(19)5-4-6-17-15/h4-8,19H,1-3H3,(H2,16,17,18). The Balaban J connectivity index is 2.50. The number of aromatic nitrogens is 1. The van der Waals surface area contributed by atoms with Crippen molar-refractivity contribution in [3.05, 3.63) is 36.0 Å². The lowest BCUT2D eigenvalue weighted by molar-refractivity contribution is 0.324. The van der Waals surface area contributed by atoms with E-state index >= 15 is 0 Å². The summed E-state index contributed by atoms with van der Waals surface area (Å²) in [6.07, 6.45) is 1.51. The Morgan fingerprint density at radius 1 is 1.14 bits per heavy atom. The summed E-state index contributed by atoms with van der Waals surface area (Å²) in [5, 5.41) is 9.70. The second-order valence-electron chi connectivity index (χ2n) is 4.26. The van der Waals surface area contributed by atoms with Crippen molar-refractivity contribution in [2.75, 3.05) is 21.3 Å². The number of methoxy groups -OCH3 is 3. The van der Waals surface area contributed by atoms with Crippen LogP contribution in [-0.4, -0.2) is 37.3 Å². The third-order valence-corrected chi connectivity index (χ3v) is 2.95. The minimum atomic E-state index is -0.0575. The van der Waals surface area contributed by atoms with Crippen molar-refractivity contribution in [2.45, 2.75) is 0 Å². The molecule has 0 spiro atoms. The number of hydrogen-bond donors (Lipinski definition) is 2. The molecule has 0 unspecified atom stereocenters. The highest BCUT2D eigenvalue weighted by Gasteiger charge is 2.15. The van der Waals surface area contributed by atoms with Gasteiger partial charge in [-0.2, -0.15) is 0 Å². The van der Waals surface area contributed by atoms with E-state index in [2.05, 4.69) is 9.98 Å². The van der Waals surface area contributed by atoms with Gasteiger partial charge in [0, 0.05) is 11.8 Å². The van der Waals surface area contributed by atoms with E-state index in [9.17, 15) is 5.11 Å². The number of nitrogens with zero attached hydrogens (tertiary/aromatic N) is 2. The zero-order valence-electron chi connectivity index (χ0n) is 12.5. The SMILES string of the molecule is COc1cc(/C(N)=N/c2ncccc2O)cc(OC)c1OC. The molecule has 2 rings (SSSR count). The summed E-state index contributed by atoms with van der Waals surface area (Å²) in [5.74, 6) is 1.61. The summed E-state index contributed by atoms with van der Waals surface area (Å²) in [6, 6.07) is 6.42. The van der Waals surface area contributed by atoms with Gasteiger partial charge in [-0.3, -0.25) is 0 Å². The highest BCUT2D eigenvalue weighted by Crippen LogP contribution is 2.38. The molecule has 7 heteroatoms. The minimum absolute atomic E-state index is 0.0575. The first-order valence-electron chi connectivity index (χ1n) is 6.39. The molecule has 0 saturated heterocycles. The number of amidine groups is 1. The first-order chi connectivity index (χ1) is 10.6. The van der Waals surface area contributed by atoms with Crippen LogP contribution in [0, 0.1) is 0 Å². The summed E-state index contributed by atoms with van der Waals surface area (Å²) in [7, 11) is 4.54. The lowest BCUT2D eigenvalue weighted by atomic mass is 10.1. The Morgan fingerprint density at radius 3 is 2.27 bits per heavy atom. The molecule has 2 aromatic rings. The van der Waals surface area contributed by atoms with Gasteiger partial charge >= 0.3 is 0 Å². The van der Waals surface area contributed by atoms with Crippen molar-refractivity contribution in [2.24, 2.45) is 10.7 Å². The third-order valence-electron chi connectivity index (χ3n) is 2.95. The fraction of sp³-hybridized carbons (Fsp3) is 0.200. The summed E-state index contributed by atoms with van der Waals surface area (Å²) in [5.41, 5.74) is 6.54. The van der Waals surface area contributed by atoms with Crippen LogP contribution in [0.3, 0.4) is 0 Å². The van der Waals surface area contributed by atoms with Crippen LogP contribution in [-0.2, 0) is 0 Å². The summed E-state index contributed by atoms with van der Waals surface area (Å²) >= 11 is 0. The lowest BCUT2D eigenvalue weighted by Gasteiger charge is -2.13. The molecule has 1 heterocycles. The molecule has 0 amide bonds. The number of ether oxygens (including phenoxy) is 3. The molecule has 0 radical (unpaired) electrons. The molecule has 1 aromatic heterocycles. The molecule has 0 atom stereocenters. The Kier molecular flexibility index (Phi) is 4.67. The number of rotatable bonds is 5. The fourth-order valence-corrected chi connectivity index (χ4v) is 1.88. The van der Waals surface area contributed by atoms with Gasteiger partial charge in [0.1, 0.15) is 5.84 Å². The molecule has 116 valence electrons. The Hall–Kier alpha value is -2.96. The molecule has 0 saturated carbocycles. The quantitative estimate of drug-likeness (QED) is 0.646. The van der Waals surface area contributed by atoms with Crippen molar-refractivity contribution < 1.29 is 19.3 Å². The Labute approximate surface area is 128 Å². The van der Waals surface area contributed by atoms with Crippen LogP contribution in [0.2, 0.25) is 0 Å². The van der Waals surface area contributed by atoms with Crippen LogP contribution in [0.1, 0.15) is 5.56 Å². The molecule has 0 aliphatic carbocycles. The van der Waals surface area contributed by atoms with Crippen LogP contribution >= 0.6 is 0 Å². The smallest absolute Gasteiger partial charge is 0.203 e. The largest absolute Gasteiger partial charge is 0.504 e. The van der Waals surface area contributed by atoms with Gasteiger partial charge in [0.05, 0.1) is 21.3 Å². The van der Waals surface area contributed by atoms with Crippen molar-refractivity contribution in [1.82, 2.24) is 4.98 Å². The van der Waals surface area contributed by atoms with E-state index in [-0.39, 0.29) is 17.4 Å². The summed E-state index contributed by atoms with van der Waals surface area (Å²) in [4.78, 5) is 8.07. The summed E-state index contributed by atoms with van der Waals surface area (Å²) in [6.45, 7) is 0. The van der Waals surface area contributed by atoms with Crippen LogP contribution in [0.5, 0.6) is 23.0 Å². The highest BCUT2D eigenvalue weighted by atomic mass is 16.5. The van der Waals surface area contributed by atoms with Gasteiger partial charge in [0.15, 0.2) is 23.1 Å². The molecule has 7 nitrogen and oxygen atoms in total. The minimum Gasteiger partial charge on any atom is -0.504 e. The maximum atomic E-state index is 9.70. The highest BCUT2D eigenvalue weighted by molar-refractivity contribution is 6.00. The second-order valence-corrected chi connectivity index (χ2v) is 4.26. The average molecular weight is 303 g/mol. The monoisotopic (exact) mass is 303 g/mol. The Morgan fingerprint density at radius 2 is 1.77 bits per heavy atom. The third kappa shape index (κ3) is 3.03. The normalized spacial score (nSPS) is 11.1. The fourth-order valence-electron chi connectivity index (χ4n) is 1.88. The van der Waals surface area contributed by atoms with Gasteiger partial charge in [-0.15, -0.1) is 0 Å². The maximum absolute atomic E-state index is 9.70. The van der Waals surface area contributed by atoms with Crippen molar-refractivity contribution >= 4 is 11.7 Å². The average Bonchev–Trinajstić information content (AvgIpc) is 2.55. The first kappa shape index (κ1) is 15.4. The van der Waals surface area contributed by atoms with Crippen molar-refractivity contribution in [3.63, 3.8) is 0 Å². The van der Waals surface area contributed by atoms with Crippen LogP contribution < -0.4 is 19.9 Å². The van der Waals surface area contributed by atoms with Crippen molar-refractivity contribution in [1.29, 1.82) is 0 Å². The molecule has 0 aliphatic rings. The number of hydrogen-bond acceptors (Lipinski definition) is 6. The molecule has 0 bridgehead atoms. The van der Waals surface area contributed by atoms with E-state index in [1.165, 1.54) is 33.6 Å². The molecule has 0 aliphatic heterocycles. The number of aliphatic imine (C=N–C) groups is 1. The predicted octanol–water partition coefficient (Wildman–Crippen LogP) is 1.85. The van der Waals surface area contributed by atoms with Gasteiger partial charge in [-0.25, -0.2) is 9.98 Å². The molecular weight excluding hydrogens is 286 g/mol. The van der Waals surface area contributed by atoms with E-state index in [0.29, 0.717) is 22.8 Å². The van der Waals surface area contributed by atoms with Gasteiger partial charge in [0.2, 0.25) is 5.75 Å². The molecular formula is C15H17N3O4. The van der Waals surface area contributed by atoms with Crippen molar-refractivity contribution in [3.8, 4) is 23.0 Å². The lowest BCUT2D eigenvalue weighted by Crippen LogP contribution is -2.13. The van der Waals surface area contributed by atoms with Crippen LogP contribution in [0.4, 0.5) is 5.82 Å². The Bertz CT molecular complexity index is 676. The molecule has 0 fully saturated rings. The van der Waals surface area contributed by atoms with Gasteiger partial charge in [-0.05, 0) is 24.3 Å². The van der Waals surface area contributed by atoms with E-state index in [0.717, 1.165) is 0 Å². The van der Waals surface area contributed by atoms with Gasteiger partial charge in [0.25, 0.3) is 0 Å².